The van der Waals surface area contributed by atoms with E-state index in [9.17, 15) is 14.4 Å². The second-order valence-corrected chi connectivity index (χ2v) is 12.0. The first-order valence-corrected chi connectivity index (χ1v) is 16.5. The molecule has 10 heteroatoms. The summed E-state index contributed by atoms with van der Waals surface area (Å²) in [6.07, 6.45) is 1.59. The number of carbonyl (C=O) groups is 3. The molecule has 6 rings (SSSR count). The molecule has 9 nitrogen and oxygen atoms in total. The Hall–Kier alpha value is -6.00. The minimum Gasteiger partial charge on any atom is -0.493 e. The summed E-state index contributed by atoms with van der Waals surface area (Å²) >= 11 is 1.34. The maximum absolute atomic E-state index is 13.8. The van der Waals surface area contributed by atoms with Gasteiger partial charge >= 0.3 is 0 Å². The van der Waals surface area contributed by atoms with E-state index < -0.39 is 17.1 Å². The van der Waals surface area contributed by atoms with Crippen molar-refractivity contribution in [2.24, 2.45) is 0 Å². The lowest BCUT2D eigenvalue weighted by Crippen LogP contribution is -2.30. The fraction of sp³-hybridized carbons (Fsp3) is 0.103. The van der Waals surface area contributed by atoms with Crippen molar-refractivity contribution in [1.29, 1.82) is 0 Å². The van der Waals surface area contributed by atoms with Crippen molar-refractivity contribution in [3.8, 4) is 17.2 Å². The van der Waals surface area contributed by atoms with Gasteiger partial charge in [-0.25, -0.2) is 0 Å². The van der Waals surface area contributed by atoms with E-state index in [2.05, 4.69) is 16.0 Å². The number of ether oxygens (including phenoxy) is 3. The third-order valence-corrected chi connectivity index (χ3v) is 8.62. The summed E-state index contributed by atoms with van der Waals surface area (Å²) in [4.78, 5) is 41.4. The van der Waals surface area contributed by atoms with Gasteiger partial charge in [0.15, 0.2) is 11.5 Å². The normalized spacial score (nSPS) is 12.5. The van der Waals surface area contributed by atoms with E-state index in [1.54, 1.807) is 72.8 Å². The van der Waals surface area contributed by atoms with Crippen LogP contribution in [0.4, 0.5) is 11.4 Å². The van der Waals surface area contributed by atoms with Gasteiger partial charge in [-0.3, -0.25) is 14.4 Å². The molecular formula is C39H33N3O6S. The third kappa shape index (κ3) is 8.48. The maximum Gasteiger partial charge on any atom is 0.272 e. The average Bonchev–Trinajstić information content (AvgIpc) is 3.60. The van der Waals surface area contributed by atoms with Crippen molar-refractivity contribution >= 4 is 46.9 Å². The fourth-order valence-electron chi connectivity index (χ4n) is 5.05. The highest BCUT2D eigenvalue weighted by molar-refractivity contribution is 8.00. The van der Waals surface area contributed by atoms with E-state index in [1.807, 2.05) is 67.6 Å². The average molecular weight is 672 g/mol. The van der Waals surface area contributed by atoms with Gasteiger partial charge in [0.2, 0.25) is 12.7 Å². The van der Waals surface area contributed by atoms with E-state index in [4.69, 9.17) is 14.2 Å². The van der Waals surface area contributed by atoms with Gasteiger partial charge in [0.1, 0.15) is 16.7 Å². The predicted octanol–water partition coefficient (Wildman–Crippen LogP) is 7.70. The van der Waals surface area contributed by atoms with Crippen LogP contribution in [0.5, 0.6) is 17.2 Å². The van der Waals surface area contributed by atoms with E-state index in [-0.39, 0.29) is 18.4 Å². The van der Waals surface area contributed by atoms with E-state index in [0.29, 0.717) is 46.4 Å². The Bertz CT molecular complexity index is 1980. The summed E-state index contributed by atoms with van der Waals surface area (Å²) in [6.45, 7) is 2.45. The molecule has 1 heterocycles. The zero-order chi connectivity index (χ0) is 34.0. The molecule has 0 aromatic heterocycles. The van der Waals surface area contributed by atoms with Crippen LogP contribution in [0.3, 0.4) is 0 Å². The standard InChI is InChI=1S/C39H33N3O6S/c1-2-46-33-19-10-9-16-28(33)22-32(42-37(43)27-14-7-4-8-15-27)38(44)40-29-17-11-18-31(23-29)49-36(26-12-5-3-6-13-26)39(45)41-30-20-21-34-35(24-30)48-25-47-34/h3-24,36H,2,25H2,1H3,(H,40,44)(H,41,45)(H,42,43)/b32-22+. The molecule has 1 unspecified atom stereocenters. The largest absolute Gasteiger partial charge is 0.493 e. The molecule has 0 spiro atoms. The van der Waals surface area contributed by atoms with Crippen LogP contribution in [0.25, 0.3) is 6.08 Å². The number of hydrogen-bond acceptors (Lipinski definition) is 7. The first kappa shape index (κ1) is 32.9. The summed E-state index contributed by atoms with van der Waals surface area (Å²) in [5, 5.41) is 8.07. The second-order valence-electron chi connectivity index (χ2n) is 10.8. The summed E-state index contributed by atoms with van der Waals surface area (Å²) in [5.41, 5.74) is 2.94. The smallest absolute Gasteiger partial charge is 0.272 e. The van der Waals surface area contributed by atoms with Crippen LogP contribution in [-0.4, -0.2) is 31.1 Å². The minimum atomic E-state index is -0.617. The minimum absolute atomic E-state index is 0.0318. The number of rotatable bonds is 12. The van der Waals surface area contributed by atoms with E-state index in [1.165, 1.54) is 11.8 Å². The number of para-hydroxylation sites is 1. The lowest BCUT2D eigenvalue weighted by atomic mass is 10.1. The molecule has 3 N–H and O–H groups in total. The van der Waals surface area contributed by atoms with Crippen molar-refractivity contribution in [3.63, 3.8) is 0 Å². The number of fused-ring (bicyclic) bond motifs is 1. The molecule has 1 atom stereocenters. The SMILES string of the molecule is CCOc1ccccc1/C=C(/NC(=O)c1ccccc1)C(=O)Nc1cccc(SC(C(=O)Nc2ccc3c(c2)OCO3)c2ccccc2)c1. The summed E-state index contributed by atoms with van der Waals surface area (Å²) in [6, 6.07) is 37.9. The summed E-state index contributed by atoms with van der Waals surface area (Å²) < 4.78 is 16.6. The Morgan fingerprint density at radius 2 is 1.49 bits per heavy atom. The molecule has 0 fully saturated rings. The van der Waals surface area contributed by atoms with Crippen molar-refractivity contribution in [3.05, 3.63) is 150 Å². The predicted molar refractivity (Wildman–Crippen MR) is 191 cm³/mol. The Labute approximate surface area is 288 Å². The Kier molecular flexibility index (Phi) is 10.6. The van der Waals surface area contributed by atoms with Crippen LogP contribution >= 0.6 is 11.8 Å². The Balaban J connectivity index is 1.23. The van der Waals surface area contributed by atoms with Crippen molar-refractivity contribution < 1.29 is 28.6 Å². The van der Waals surface area contributed by atoms with Gasteiger partial charge in [0.25, 0.3) is 11.8 Å². The van der Waals surface area contributed by atoms with Gasteiger partial charge in [-0.2, -0.15) is 0 Å². The highest BCUT2D eigenvalue weighted by atomic mass is 32.2. The van der Waals surface area contributed by atoms with Crippen molar-refractivity contribution in [2.45, 2.75) is 17.1 Å². The Morgan fingerprint density at radius 3 is 2.29 bits per heavy atom. The lowest BCUT2D eigenvalue weighted by molar-refractivity contribution is -0.116. The summed E-state index contributed by atoms with van der Waals surface area (Å²) in [5.74, 6) is 0.583. The Morgan fingerprint density at radius 1 is 0.776 bits per heavy atom. The summed E-state index contributed by atoms with van der Waals surface area (Å²) in [7, 11) is 0. The zero-order valence-electron chi connectivity index (χ0n) is 26.6. The molecule has 49 heavy (non-hydrogen) atoms. The van der Waals surface area contributed by atoms with Crippen LogP contribution in [0.15, 0.2) is 138 Å². The van der Waals surface area contributed by atoms with Crippen molar-refractivity contribution in [2.75, 3.05) is 24.0 Å². The van der Waals surface area contributed by atoms with Gasteiger partial charge in [-0.1, -0.05) is 72.8 Å². The number of amides is 3. The molecule has 3 amide bonds. The zero-order valence-corrected chi connectivity index (χ0v) is 27.4. The second kappa shape index (κ2) is 15.7. The molecule has 0 saturated heterocycles. The number of hydrogen-bond donors (Lipinski definition) is 3. The van der Waals surface area contributed by atoms with Crippen LogP contribution in [-0.2, 0) is 9.59 Å². The van der Waals surface area contributed by atoms with Gasteiger partial charge in [0, 0.05) is 33.5 Å². The maximum atomic E-state index is 13.8. The topological polar surface area (TPSA) is 115 Å². The van der Waals surface area contributed by atoms with Crippen LogP contribution in [0.2, 0.25) is 0 Å². The highest BCUT2D eigenvalue weighted by Crippen LogP contribution is 2.39. The van der Waals surface area contributed by atoms with E-state index >= 15 is 0 Å². The number of carbonyl (C=O) groups excluding carboxylic acids is 3. The third-order valence-electron chi connectivity index (χ3n) is 7.37. The van der Waals surface area contributed by atoms with Crippen LogP contribution in [0, 0.1) is 0 Å². The number of thioether (sulfide) groups is 1. The van der Waals surface area contributed by atoms with E-state index in [0.717, 1.165) is 10.5 Å². The van der Waals surface area contributed by atoms with Gasteiger partial charge < -0.3 is 30.2 Å². The molecule has 0 aliphatic carbocycles. The van der Waals surface area contributed by atoms with Crippen molar-refractivity contribution in [1.82, 2.24) is 5.32 Å². The monoisotopic (exact) mass is 671 g/mol. The number of benzene rings is 5. The molecule has 0 radical (unpaired) electrons. The molecule has 5 aromatic rings. The molecule has 1 aliphatic heterocycles. The number of anilines is 2. The molecule has 5 aromatic carbocycles. The quantitative estimate of drug-likeness (QED) is 0.0920. The lowest BCUT2D eigenvalue weighted by Gasteiger charge is -2.18. The highest BCUT2D eigenvalue weighted by Gasteiger charge is 2.24. The molecular weight excluding hydrogens is 639 g/mol. The first-order valence-electron chi connectivity index (χ1n) is 15.6. The molecule has 0 saturated carbocycles. The molecule has 0 bridgehead atoms. The van der Waals surface area contributed by atoms with Gasteiger partial charge in [0.05, 0.1) is 6.61 Å². The van der Waals surface area contributed by atoms with Crippen LogP contribution in [0.1, 0.15) is 33.7 Å². The molecule has 246 valence electrons. The fourth-order valence-corrected chi connectivity index (χ4v) is 6.13. The number of nitrogens with one attached hydrogen (secondary N) is 3. The first-order chi connectivity index (χ1) is 24.0. The van der Waals surface area contributed by atoms with Gasteiger partial charge in [-0.05, 0) is 67.1 Å². The molecule has 1 aliphatic rings. The van der Waals surface area contributed by atoms with Crippen LogP contribution < -0.4 is 30.2 Å². The van der Waals surface area contributed by atoms with Gasteiger partial charge in [-0.15, -0.1) is 11.8 Å².